The largest absolute Gasteiger partial charge is 0.444 e. The Morgan fingerprint density at radius 1 is 1.39 bits per heavy atom. The Hall–Kier alpha value is -2.19. The number of halogens is 1. The van der Waals surface area contributed by atoms with E-state index in [-0.39, 0.29) is 11.3 Å². The molecule has 0 radical (unpaired) electrons. The number of nitrogens with one attached hydrogen (secondary N) is 2. The van der Waals surface area contributed by atoms with E-state index >= 15 is 0 Å². The Kier molecular flexibility index (Phi) is 5.90. The first kappa shape index (κ1) is 20.5. The number of rotatable bonds is 3. The van der Waals surface area contributed by atoms with Crippen LogP contribution in [0, 0.1) is 0 Å². The van der Waals surface area contributed by atoms with E-state index in [1.807, 2.05) is 26.8 Å². The molecule has 0 aliphatic carbocycles. The molecule has 0 spiro atoms. The van der Waals surface area contributed by atoms with Crippen LogP contribution < -0.4 is 15.5 Å². The van der Waals surface area contributed by atoms with E-state index in [0.29, 0.717) is 23.0 Å². The zero-order valence-corrected chi connectivity index (χ0v) is 17.4. The minimum Gasteiger partial charge on any atom is -0.444 e. The van der Waals surface area contributed by atoms with Crippen molar-refractivity contribution in [2.75, 3.05) is 18.0 Å². The van der Waals surface area contributed by atoms with Crippen LogP contribution in [0.4, 0.5) is 15.3 Å². The number of anilines is 1. The van der Waals surface area contributed by atoms with E-state index in [0.717, 1.165) is 29.4 Å². The lowest BCUT2D eigenvalue weighted by molar-refractivity contribution is -0.115. The summed E-state index contributed by atoms with van der Waals surface area (Å²) < 4.78 is 5.32. The second kappa shape index (κ2) is 8.05. The van der Waals surface area contributed by atoms with Gasteiger partial charge in [0.25, 0.3) is 11.1 Å². The number of alkyl carbamates (subject to hydrolysis) is 1. The molecule has 2 saturated heterocycles. The lowest BCUT2D eigenvalue weighted by Crippen LogP contribution is -2.40. The van der Waals surface area contributed by atoms with Crippen LogP contribution in [0.25, 0.3) is 6.08 Å². The number of nitrogens with zero attached hydrogens (tertiary/aromatic N) is 1. The summed E-state index contributed by atoms with van der Waals surface area (Å²) in [6, 6.07) is 5.35. The fourth-order valence-corrected chi connectivity index (χ4v) is 4.07. The van der Waals surface area contributed by atoms with Crippen molar-refractivity contribution < 1.29 is 19.1 Å². The van der Waals surface area contributed by atoms with Gasteiger partial charge in [-0.3, -0.25) is 14.9 Å². The molecule has 1 aromatic rings. The van der Waals surface area contributed by atoms with E-state index in [4.69, 9.17) is 16.3 Å². The maximum Gasteiger partial charge on any atom is 0.407 e. The van der Waals surface area contributed by atoms with E-state index < -0.39 is 17.6 Å². The first-order valence-electron chi connectivity index (χ1n) is 8.90. The molecule has 0 saturated carbocycles. The SMILES string of the molecule is CC(C)(C)OC(=O)N[C@H]1CCN(c2c(Cl)cccc2/C=C2\SC(=O)NC2=O)C1. The molecule has 0 unspecified atom stereocenters. The van der Waals surface area contributed by atoms with Crippen LogP contribution in [0.3, 0.4) is 0 Å². The van der Waals surface area contributed by atoms with Crippen molar-refractivity contribution in [3.63, 3.8) is 0 Å². The van der Waals surface area contributed by atoms with Gasteiger partial charge in [0.15, 0.2) is 0 Å². The topological polar surface area (TPSA) is 87.7 Å². The molecule has 1 atom stereocenters. The number of thioether (sulfide) groups is 1. The minimum absolute atomic E-state index is 0.0719. The highest BCUT2D eigenvalue weighted by Crippen LogP contribution is 2.36. The second-order valence-electron chi connectivity index (χ2n) is 7.61. The molecule has 2 heterocycles. The van der Waals surface area contributed by atoms with Crippen LogP contribution in [0.15, 0.2) is 23.1 Å². The third kappa shape index (κ3) is 4.99. The lowest BCUT2D eigenvalue weighted by atomic mass is 10.1. The third-order valence-electron chi connectivity index (χ3n) is 4.17. The van der Waals surface area contributed by atoms with Crippen LogP contribution in [-0.4, -0.2) is 42.0 Å². The molecule has 3 rings (SSSR count). The van der Waals surface area contributed by atoms with Crippen LogP contribution >= 0.6 is 23.4 Å². The summed E-state index contributed by atoms with van der Waals surface area (Å²) in [7, 11) is 0. The summed E-state index contributed by atoms with van der Waals surface area (Å²) >= 11 is 7.31. The molecule has 0 bridgehead atoms. The van der Waals surface area contributed by atoms with Crippen molar-refractivity contribution >= 4 is 52.4 Å². The molecular formula is C19H22ClN3O4S. The Morgan fingerprint density at radius 3 is 2.79 bits per heavy atom. The van der Waals surface area contributed by atoms with E-state index in [9.17, 15) is 14.4 Å². The normalized spacial score (nSPS) is 21.2. The van der Waals surface area contributed by atoms with Gasteiger partial charge in [0.05, 0.1) is 21.7 Å². The van der Waals surface area contributed by atoms with Crippen molar-refractivity contribution in [2.24, 2.45) is 0 Å². The molecule has 0 aromatic heterocycles. The molecule has 2 aliphatic heterocycles. The van der Waals surface area contributed by atoms with Crippen LogP contribution in [-0.2, 0) is 9.53 Å². The van der Waals surface area contributed by atoms with Gasteiger partial charge in [-0.05, 0) is 51.1 Å². The Labute approximate surface area is 172 Å². The predicted octanol–water partition coefficient (Wildman–Crippen LogP) is 3.77. The maximum absolute atomic E-state index is 12.0. The summed E-state index contributed by atoms with van der Waals surface area (Å²) in [6.45, 7) is 6.72. The highest BCUT2D eigenvalue weighted by molar-refractivity contribution is 8.18. The van der Waals surface area contributed by atoms with E-state index in [1.54, 1.807) is 18.2 Å². The number of para-hydroxylation sites is 1. The van der Waals surface area contributed by atoms with Gasteiger partial charge in [0, 0.05) is 18.7 Å². The van der Waals surface area contributed by atoms with Crippen LogP contribution in [0.5, 0.6) is 0 Å². The Bertz CT molecular complexity index is 850. The molecule has 150 valence electrons. The van der Waals surface area contributed by atoms with E-state index in [2.05, 4.69) is 15.5 Å². The van der Waals surface area contributed by atoms with Gasteiger partial charge in [-0.25, -0.2) is 4.79 Å². The van der Waals surface area contributed by atoms with Crippen molar-refractivity contribution in [3.05, 3.63) is 33.7 Å². The van der Waals surface area contributed by atoms with Gasteiger partial charge in [-0.2, -0.15) is 0 Å². The predicted molar refractivity (Wildman–Crippen MR) is 111 cm³/mol. The molecule has 2 fully saturated rings. The lowest BCUT2D eigenvalue weighted by Gasteiger charge is -2.24. The van der Waals surface area contributed by atoms with Crippen molar-refractivity contribution in [2.45, 2.75) is 38.8 Å². The van der Waals surface area contributed by atoms with Crippen molar-refractivity contribution in [1.82, 2.24) is 10.6 Å². The van der Waals surface area contributed by atoms with Gasteiger partial charge in [0.2, 0.25) is 0 Å². The molecule has 2 aliphatic rings. The molecule has 2 N–H and O–H groups in total. The molecular weight excluding hydrogens is 402 g/mol. The van der Waals surface area contributed by atoms with Crippen LogP contribution in [0.2, 0.25) is 5.02 Å². The smallest absolute Gasteiger partial charge is 0.407 e. The van der Waals surface area contributed by atoms with Gasteiger partial charge >= 0.3 is 6.09 Å². The molecule has 7 nitrogen and oxygen atoms in total. The highest BCUT2D eigenvalue weighted by Gasteiger charge is 2.30. The number of benzene rings is 1. The van der Waals surface area contributed by atoms with Gasteiger partial charge in [-0.1, -0.05) is 23.7 Å². The van der Waals surface area contributed by atoms with Gasteiger partial charge in [0.1, 0.15) is 5.60 Å². The van der Waals surface area contributed by atoms with Gasteiger partial charge in [-0.15, -0.1) is 0 Å². The summed E-state index contributed by atoms with van der Waals surface area (Å²) in [6.07, 6.45) is 1.97. The number of ether oxygens (including phenoxy) is 1. The zero-order chi connectivity index (χ0) is 20.5. The van der Waals surface area contributed by atoms with Crippen LogP contribution in [0.1, 0.15) is 32.8 Å². The molecule has 1 aromatic carbocycles. The summed E-state index contributed by atoms with van der Waals surface area (Å²) in [5.41, 5.74) is 0.970. The minimum atomic E-state index is -0.554. The van der Waals surface area contributed by atoms with Gasteiger partial charge < -0.3 is 15.0 Å². The third-order valence-corrected chi connectivity index (χ3v) is 5.29. The number of amides is 3. The number of carbonyl (C=O) groups excluding carboxylic acids is 3. The number of carbonyl (C=O) groups is 3. The average molecular weight is 424 g/mol. The fraction of sp³-hybridized carbons (Fsp3) is 0.421. The maximum atomic E-state index is 12.0. The number of hydrogen-bond acceptors (Lipinski definition) is 6. The Balaban J connectivity index is 1.76. The molecule has 9 heteroatoms. The van der Waals surface area contributed by atoms with Crippen molar-refractivity contribution in [1.29, 1.82) is 0 Å². The monoisotopic (exact) mass is 423 g/mol. The first-order valence-corrected chi connectivity index (χ1v) is 10.1. The van der Waals surface area contributed by atoms with E-state index in [1.165, 1.54) is 0 Å². The summed E-state index contributed by atoms with van der Waals surface area (Å²) in [5, 5.41) is 5.29. The summed E-state index contributed by atoms with van der Waals surface area (Å²) in [4.78, 5) is 37.7. The molecule has 3 amide bonds. The fourth-order valence-electron chi connectivity index (χ4n) is 3.10. The van der Waals surface area contributed by atoms with Crippen molar-refractivity contribution in [3.8, 4) is 0 Å². The number of imide groups is 1. The molecule has 28 heavy (non-hydrogen) atoms. The second-order valence-corrected chi connectivity index (χ2v) is 9.03. The summed E-state index contributed by atoms with van der Waals surface area (Å²) in [5.74, 6) is -0.410. The standard InChI is InChI=1S/C19H22ClN3O4S/c1-19(2,3)27-17(25)21-12-7-8-23(10-12)15-11(5-4-6-13(15)20)9-14-16(24)22-18(26)28-14/h4-6,9,12H,7-8,10H2,1-3H3,(H,21,25)(H,22,24,26)/b14-9-/t12-/m0/s1. The first-order chi connectivity index (χ1) is 13.1. The Morgan fingerprint density at radius 2 is 2.14 bits per heavy atom. The quantitative estimate of drug-likeness (QED) is 0.719. The highest BCUT2D eigenvalue weighted by atomic mass is 35.5. The zero-order valence-electron chi connectivity index (χ0n) is 15.9. The average Bonchev–Trinajstić information content (AvgIpc) is 3.12. The number of hydrogen-bond donors (Lipinski definition) is 2.